The molecular formula is C15H23BrN2O4S. The van der Waals surface area contributed by atoms with Gasteiger partial charge in [0.15, 0.2) is 0 Å². The number of ether oxygens (including phenoxy) is 1. The van der Waals surface area contributed by atoms with Gasteiger partial charge in [-0.15, -0.1) is 6.58 Å². The number of sulfonamides is 1. The number of carbonyl (C=O) groups excluding carboxylic acids is 1. The molecular weight excluding hydrogens is 384 g/mol. The first-order valence-electron chi connectivity index (χ1n) is 7.31. The number of allylic oxidation sites excluding steroid dienone is 1. The molecule has 1 unspecified atom stereocenters. The fourth-order valence-electron chi connectivity index (χ4n) is 2.21. The fourth-order valence-corrected chi connectivity index (χ4v) is 4.80. The Balaban J connectivity index is 2.88. The molecule has 1 rings (SSSR count). The summed E-state index contributed by atoms with van der Waals surface area (Å²) < 4.78 is 34.0. The number of aromatic nitrogens is 1. The van der Waals surface area contributed by atoms with Crippen molar-refractivity contribution in [2.45, 2.75) is 43.5 Å². The predicted octanol–water partition coefficient (Wildman–Crippen LogP) is 2.99. The van der Waals surface area contributed by atoms with Crippen molar-refractivity contribution >= 4 is 31.9 Å². The van der Waals surface area contributed by atoms with Gasteiger partial charge in [0.1, 0.15) is 10.6 Å². The van der Waals surface area contributed by atoms with Crippen molar-refractivity contribution in [1.29, 1.82) is 0 Å². The Labute approximate surface area is 146 Å². The van der Waals surface area contributed by atoms with Gasteiger partial charge in [0.05, 0.1) is 11.6 Å². The van der Waals surface area contributed by atoms with E-state index in [0.717, 1.165) is 25.7 Å². The van der Waals surface area contributed by atoms with Crippen molar-refractivity contribution in [3.05, 3.63) is 29.0 Å². The lowest BCUT2D eigenvalue weighted by Gasteiger charge is -2.13. The zero-order chi connectivity index (χ0) is 17.6. The van der Waals surface area contributed by atoms with Crippen molar-refractivity contribution in [3.63, 3.8) is 0 Å². The minimum absolute atomic E-state index is 0.0262. The standard InChI is InChI=1S/C15H23BrN2O4S/c1-5-6-7-8-9-11(2)17-23(20,21)12-10-18(3)14(13(12)16)15(19)22-4/h5,10-11,17H,1,6-9H2,2-4H3. The first-order valence-corrected chi connectivity index (χ1v) is 9.58. The van der Waals surface area contributed by atoms with E-state index < -0.39 is 16.0 Å². The highest BCUT2D eigenvalue weighted by molar-refractivity contribution is 9.10. The van der Waals surface area contributed by atoms with Crippen LogP contribution < -0.4 is 4.72 Å². The second kappa shape index (κ2) is 8.65. The average molecular weight is 407 g/mol. The molecule has 0 aliphatic heterocycles. The molecule has 0 amide bonds. The zero-order valence-corrected chi connectivity index (χ0v) is 16.0. The van der Waals surface area contributed by atoms with Crippen LogP contribution in [0.15, 0.2) is 28.2 Å². The Morgan fingerprint density at radius 2 is 2.17 bits per heavy atom. The van der Waals surface area contributed by atoms with E-state index in [4.69, 9.17) is 0 Å². The Kier molecular flexibility index (Phi) is 7.50. The van der Waals surface area contributed by atoms with Gasteiger partial charge in [-0.05, 0) is 42.1 Å². The number of halogens is 1. The lowest BCUT2D eigenvalue weighted by atomic mass is 10.1. The molecule has 130 valence electrons. The largest absolute Gasteiger partial charge is 0.464 e. The molecule has 0 aliphatic carbocycles. The number of unbranched alkanes of at least 4 members (excludes halogenated alkanes) is 2. The summed E-state index contributed by atoms with van der Waals surface area (Å²) >= 11 is 3.19. The van der Waals surface area contributed by atoms with Crippen molar-refractivity contribution in [3.8, 4) is 0 Å². The Hall–Kier alpha value is -1.12. The molecule has 0 aromatic carbocycles. The number of aryl methyl sites for hydroxylation is 1. The SMILES string of the molecule is C=CCCCCC(C)NS(=O)(=O)c1cn(C)c(C(=O)OC)c1Br. The number of esters is 1. The van der Waals surface area contributed by atoms with Crippen LogP contribution in [0, 0.1) is 0 Å². The highest BCUT2D eigenvalue weighted by atomic mass is 79.9. The summed E-state index contributed by atoms with van der Waals surface area (Å²) in [5.41, 5.74) is 0.159. The molecule has 8 heteroatoms. The minimum atomic E-state index is -3.72. The average Bonchev–Trinajstić information content (AvgIpc) is 2.78. The van der Waals surface area contributed by atoms with Gasteiger partial charge in [-0.1, -0.05) is 12.5 Å². The van der Waals surface area contributed by atoms with Gasteiger partial charge in [0.25, 0.3) is 0 Å². The van der Waals surface area contributed by atoms with Crippen LogP contribution >= 0.6 is 15.9 Å². The molecule has 0 saturated carbocycles. The molecule has 0 bridgehead atoms. The Morgan fingerprint density at radius 3 is 2.74 bits per heavy atom. The molecule has 23 heavy (non-hydrogen) atoms. The van der Waals surface area contributed by atoms with Gasteiger partial charge in [-0.25, -0.2) is 17.9 Å². The number of hydrogen-bond acceptors (Lipinski definition) is 4. The molecule has 1 N–H and O–H groups in total. The van der Waals surface area contributed by atoms with E-state index in [1.165, 1.54) is 17.9 Å². The molecule has 1 heterocycles. The van der Waals surface area contributed by atoms with Crippen LogP contribution in [0.25, 0.3) is 0 Å². The maximum atomic E-state index is 12.5. The third-order valence-electron chi connectivity index (χ3n) is 3.41. The Morgan fingerprint density at radius 1 is 1.52 bits per heavy atom. The maximum Gasteiger partial charge on any atom is 0.355 e. The van der Waals surface area contributed by atoms with Crippen LogP contribution in [0.1, 0.15) is 43.1 Å². The van der Waals surface area contributed by atoms with Gasteiger partial charge in [-0.2, -0.15) is 0 Å². The highest BCUT2D eigenvalue weighted by Gasteiger charge is 2.27. The fraction of sp³-hybridized carbons (Fsp3) is 0.533. The lowest BCUT2D eigenvalue weighted by molar-refractivity contribution is 0.0588. The van der Waals surface area contributed by atoms with Crippen LogP contribution in [-0.4, -0.2) is 32.1 Å². The molecule has 0 aliphatic rings. The monoisotopic (exact) mass is 406 g/mol. The van der Waals surface area contributed by atoms with E-state index in [1.54, 1.807) is 7.05 Å². The first-order chi connectivity index (χ1) is 10.7. The number of rotatable bonds is 9. The minimum Gasteiger partial charge on any atom is -0.464 e. The highest BCUT2D eigenvalue weighted by Crippen LogP contribution is 2.28. The van der Waals surface area contributed by atoms with Crippen molar-refractivity contribution in [2.75, 3.05) is 7.11 Å². The maximum absolute atomic E-state index is 12.5. The summed E-state index contributed by atoms with van der Waals surface area (Å²) in [6, 6.07) is -0.196. The van der Waals surface area contributed by atoms with E-state index in [2.05, 4.69) is 32.0 Å². The van der Waals surface area contributed by atoms with Crippen molar-refractivity contribution in [2.24, 2.45) is 7.05 Å². The molecule has 1 aromatic rings. The van der Waals surface area contributed by atoms with Crippen LogP contribution in [0.5, 0.6) is 0 Å². The molecule has 0 spiro atoms. The van der Waals surface area contributed by atoms with E-state index in [9.17, 15) is 13.2 Å². The second-order valence-electron chi connectivity index (χ2n) is 5.35. The first kappa shape index (κ1) is 19.9. The smallest absolute Gasteiger partial charge is 0.355 e. The van der Waals surface area contributed by atoms with Crippen LogP contribution in [0.4, 0.5) is 0 Å². The third kappa shape index (κ3) is 5.19. The number of methoxy groups -OCH3 is 1. The molecule has 6 nitrogen and oxygen atoms in total. The van der Waals surface area contributed by atoms with Crippen molar-refractivity contribution < 1.29 is 17.9 Å². The molecule has 0 saturated heterocycles. The summed E-state index contributed by atoms with van der Waals surface area (Å²) in [6.07, 6.45) is 6.80. The van der Waals surface area contributed by atoms with E-state index in [0.29, 0.717) is 0 Å². The van der Waals surface area contributed by atoms with Gasteiger partial charge < -0.3 is 9.30 Å². The Bertz CT molecular complexity index is 667. The summed E-state index contributed by atoms with van der Waals surface area (Å²) in [5, 5.41) is 0. The second-order valence-corrected chi connectivity index (χ2v) is 7.83. The number of carbonyl (C=O) groups is 1. The van der Waals surface area contributed by atoms with Crippen LogP contribution in [0.2, 0.25) is 0 Å². The number of nitrogens with zero attached hydrogens (tertiary/aromatic N) is 1. The topological polar surface area (TPSA) is 77.4 Å². The summed E-state index contributed by atoms with van der Waals surface area (Å²) in [7, 11) is -0.880. The summed E-state index contributed by atoms with van der Waals surface area (Å²) in [4.78, 5) is 11.8. The van der Waals surface area contributed by atoms with Gasteiger partial charge in [0, 0.05) is 19.3 Å². The van der Waals surface area contributed by atoms with Gasteiger partial charge in [-0.3, -0.25) is 0 Å². The molecule has 1 atom stereocenters. The van der Waals surface area contributed by atoms with E-state index in [1.807, 2.05) is 13.0 Å². The van der Waals surface area contributed by atoms with Crippen molar-refractivity contribution in [1.82, 2.24) is 9.29 Å². The van der Waals surface area contributed by atoms with E-state index >= 15 is 0 Å². The molecule has 0 fully saturated rings. The van der Waals surface area contributed by atoms with Gasteiger partial charge >= 0.3 is 5.97 Å². The number of hydrogen-bond donors (Lipinski definition) is 1. The lowest BCUT2D eigenvalue weighted by Crippen LogP contribution is -2.32. The zero-order valence-electron chi connectivity index (χ0n) is 13.6. The number of nitrogens with one attached hydrogen (secondary N) is 1. The van der Waals surface area contributed by atoms with Crippen LogP contribution in [0.3, 0.4) is 0 Å². The summed E-state index contributed by atoms with van der Waals surface area (Å²) in [5.74, 6) is -0.599. The third-order valence-corrected chi connectivity index (χ3v) is 6.07. The summed E-state index contributed by atoms with van der Waals surface area (Å²) in [6.45, 7) is 5.48. The molecule has 0 radical (unpaired) electrons. The quantitative estimate of drug-likeness (QED) is 0.388. The van der Waals surface area contributed by atoms with Crippen LogP contribution in [-0.2, 0) is 21.8 Å². The molecule has 1 aromatic heterocycles. The van der Waals surface area contributed by atoms with E-state index in [-0.39, 0.29) is 21.1 Å². The normalized spacial score (nSPS) is 12.9. The van der Waals surface area contributed by atoms with Gasteiger partial charge in [0.2, 0.25) is 10.0 Å². The predicted molar refractivity (Wildman–Crippen MR) is 92.9 cm³/mol.